The van der Waals surface area contributed by atoms with Gasteiger partial charge < -0.3 is 15.4 Å². The zero-order chi connectivity index (χ0) is 15.8. The zero-order valence-corrected chi connectivity index (χ0v) is 14.8. The molecule has 5 heteroatoms. The van der Waals surface area contributed by atoms with E-state index < -0.39 is 6.10 Å². The Balaban J connectivity index is 2.78. The first-order valence-corrected chi connectivity index (χ1v) is 8.24. The SMILES string of the molecule is CCNCc1cccc(Br)c1OC(C)C(=O)NC(C)CC. The molecule has 2 N–H and O–H groups in total. The van der Waals surface area contributed by atoms with E-state index in [1.807, 2.05) is 32.0 Å². The molecule has 2 atom stereocenters. The van der Waals surface area contributed by atoms with Crippen LogP contribution in [0.3, 0.4) is 0 Å². The second kappa shape index (κ2) is 9.05. The van der Waals surface area contributed by atoms with Crippen molar-refractivity contribution in [2.45, 2.75) is 52.8 Å². The van der Waals surface area contributed by atoms with Gasteiger partial charge in [0.1, 0.15) is 5.75 Å². The van der Waals surface area contributed by atoms with Crippen LogP contribution in [-0.4, -0.2) is 24.6 Å². The van der Waals surface area contributed by atoms with Gasteiger partial charge in [-0.15, -0.1) is 0 Å². The van der Waals surface area contributed by atoms with Gasteiger partial charge in [-0.05, 0) is 48.8 Å². The number of hydrogen-bond donors (Lipinski definition) is 2. The van der Waals surface area contributed by atoms with Crippen molar-refractivity contribution < 1.29 is 9.53 Å². The molecule has 0 saturated heterocycles. The molecule has 0 aliphatic rings. The summed E-state index contributed by atoms with van der Waals surface area (Å²) in [5.74, 6) is 0.639. The quantitative estimate of drug-likeness (QED) is 0.751. The van der Waals surface area contributed by atoms with E-state index in [-0.39, 0.29) is 11.9 Å². The molecule has 21 heavy (non-hydrogen) atoms. The molecular formula is C16H25BrN2O2. The molecule has 0 aliphatic heterocycles. The minimum atomic E-state index is -0.530. The number of halogens is 1. The van der Waals surface area contributed by atoms with Crippen LogP contribution >= 0.6 is 15.9 Å². The van der Waals surface area contributed by atoms with Gasteiger partial charge in [0, 0.05) is 18.2 Å². The number of benzene rings is 1. The molecule has 0 aromatic heterocycles. The van der Waals surface area contributed by atoms with Crippen LogP contribution in [0, 0.1) is 0 Å². The number of para-hydroxylation sites is 1. The number of amides is 1. The van der Waals surface area contributed by atoms with Crippen LogP contribution < -0.4 is 15.4 Å². The van der Waals surface area contributed by atoms with E-state index >= 15 is 0 Å². The largest absolute Gasteiger partial charge is 0.479 e. The first kappa shape index (κ1) is 18.0. The van der Waals surface area contributed by atoms with E-state index in [9.17, 15) is 4.79 Å². The van der Waals surface area contributed by atoms with Crippen LogP contribution in [0.25, 0.3) is 0 Å². The van der Waals surface area contributed by atoms with Gasteiger partial charge in [0.05, 0.1) is 4.47 Å². The second-order valence-corrected chi connectivity index (χ2v) is 5.94. The highest BCUT2D eigenvalue weighted by Gasteiger charge is 2.19. The van der Waals surface area contributed by atoms with Crippen molar-refractivity contribution in [2.24, 2.45) is 0 Å². The summed E-state index contributed by atoms with van der Waals surface area (Å²) >= 11 is 3.50. The van der Waals surface area contributed by atoms with Gasteiger partial charge in [0.25, 0.3) is 5.91 Å². The highest BCUT2D eigenvalue weighted by molar-refractivity contribution is 9.10. The molecule has 0 heterocycles. The van der Waals surface area contributed by atoms with Crippen molar-refractivity contribution in [2.75, 3.05) is 6.54 Å². The molecule has 0 radical (unpaired) electrons. The summed E-state index contributed by atoms with van der Waals surface area (Å²) in [5, 5.41) is 6.21. The number of ether oxygens (including phenoxy) is 1. The smallest absolute Gasteiger partial charge is 0.260 e. The fourth-order valence-corrected chi connectivity index (χ4v) is 2.28. The van der Waals surface area contributed by atoms with Crippen LogP contribution in [0.15, 0.2) is 22.7 Å². The van der Waals surface area contributed by atoms with Crippen LogP contribution in [0.4, 0.5) is 0 Å². The molecule has 2 unspecified atom stereocenters. The number of hydrogen-bond acceptors (Lipinski definition) is 3. The molecule has 0 saturated carbocycles. The summed E-state index contributed by atoms with van der Waals surface area (Å²) in [6, 6.07) is 6.04. The summed E-state index contributed by atoms with van der Waals surface area (Å²) in [5.41, 5.74) is 1.04. The minimum Gasteiger partial charge on any atom is -0.479 e. The molecule has 1 aromatic rings. The number of carbonyl (C=O) groups is 1. The lowest BCUT2D eigenvalue weighted by Crippen LogP contribution is -2.41. The van der Waals surface area contributed by atoms with Gasteiger partial charge in [0.2, 0.25) is 0 Å². The topological polar surface area (TPSA) is 50.4 Å². The molecule has 1 rings (SSSR count). The van der Waals surface area contributed by atoms with Crippen LogP contribution in [0.1, 0.15) is 39.7 Å². The van der Waals surface area contributed by atoms with Gasteiger partial charge in [-0.2, -0.15) is 0 Å². The van der Waals surface area contributed by atoms with E-state index in [2.05, 4.69) is 33.5 Å². The maximum Gasteiger partial charge on any atom is 0.260 e. The van der Waals surface area contributed by atoms with E-state index in [1.165, 1.54) is 0 Å². The average molecular weight is 357 g/mol. The Morgan fingerprint density at radius 3 is 2.67 bits per heavy atom. The van der Waals surface area contributed by atoms with Gasteiger partial charge in [-0.1, -0.05) is 26.0 Å². The van der Waals surface area contributed by atoms with Crippen LogP contribution in [0.5, 0.6) is 5.75 Å². The maximum absolute atomic E-state index is 12.1. The summed E-state index contributed by atoms with van der Waals surface area (Å²) < 4.78 is 6.74. The fourth-order valence-electron chi connectivity index (χ4n) is 1.78. The van der Waals surface area contributed by atoms with Crippen molar-refractivity contribution >= 4 is 21.8 Å². The van der Waals surface area contributed by atoms with Gasteiger partial charge >= 0.3 is 0 Å². The highest BCUT2D eigenvalue weighted by Crippen LogP contribution is 2.30. The summed E-state index contributed by atoms with van der Waals surface area (Å²) in [4.78, 5) is 12.1. The van der Waals surface area contributed by atoms with E-state index in [4.69, 9.17) is 4.74 Å². The van der Waals surface area contributed by atoms with Crippen molar-refractivity contribution in [3.63, 3.8) is 0 Å². The first-order chi connectivity index (χ1) is 9.99. The predicted molar refractivity (Wildman–Crippen MR) is 89.5 cm³/mol. The molecule has 4 nitrogen and oxygen atoms in total. The fraction of sp³-hybridized carbons (Fsp3) is 0.562. The van der Waals surface area contributed by atoms with Gasteiger partial charge in [-0.25, -0.2) is 0 Å². The summed E-state index contributed by atoms with van der Waals surface area (Å²) in [6.45, 7) is 9.45. The van der Waals surface area contributed by atoms with Crippen molar-refractivity contribution in [3.05, 3.63) is 28.2 Å². The van der Waals surface area contributed by atoms with E-state index in [0.29, 0.717) is 6.54 Å². The lowest BCUT2D eigenvalue weighted by atomic mass is 10.2. The summed E-state index contributed by atoms with van der Waals surface area (Å²) in [7, 11) is 0. The van der Waals surface area contributed by atoms with Crippen molar-refractivity contribution in [3.8, 4) is 5.75 Å². The third kappa shape index (κ3) is 5.67. The number of carbonyl (C=O) groups excluding carboxylic acids is 1. The third-order valence-electron chi connectivity index (χ3n) is 3.28. The molecule has 1 amide bonds. The molecule has 118 valence electrons. The third-order valence-corrected chi connectivity index (χ3v) is 3.90. The van der Waals surface area contributed by atoms with Crippen molar-refractivity contribution in [1.29, 1.82) is 0 Å². The normalized spacial score (nSPS) is 13.6. The molecule has 0 aliphatic carbocycles. The highest BCUT2D eigenvalue weighted by atomic mass is 79.9. The zero-order valence-electron chi connectivity index (χ0n) is 13.2. The van der Waals surface area contributed by atoms with Crippen LogP contribution in [-0.2, 0) is 11.3 Å². The molecule has 1 aromatic carbocycles. The van der Waals surface area contributed by atoms with E-state index in [0.717, 1.165) is 28.8 Å². The second-order valence-electron chi connectivity index (χ2n) is 5.09. The standard InChI is InChI=1S/C16H25BrN2O2/c1-5-11(3)19-16(20)12(4)21-15-13(10-18-6-2)8-7-9-14(15)17/h7-9,11-12,18H,5-6,10H2,1-4H3,(H,19,20). The molecule has 0 fully saturated rings. The Kier molecular flexibility index (Phi) is 7.75. The number of rotatable bonds is 8. The van der Waals surface area contributed by atoms with Crippen LogP contribution in [0.2, 0.25) is 0 Å². The molecule has 0 bridgehead atoms. The minimum absolute atomic E-state index is 0.0884. The Bertz CT molecular complexity index is 466. The predicted octanol–water partition coefficient (Wildman–Crippen LogP) is 3.24. The monoisotopic (exact) mass is 356 g/mol. The Hall–Kier alpha value is -1.07. The Morgan fingerprint density at radius 2 is 2.05 bits per heavy atom. The number of nitrogens with one attached hydrogen (secondary N) is 2. The van der Waals surface area contributed by atoms with Gasteiger partial charge in [-0.3, -0.25) is 4.79 Å². The lowest BCUT2D eigenvalue weighted by Gasteiger charge is -2.20. The molecule has 0 spiro atoms. The van der Waals surface area contributed by atoms with Gasteiger partial charge in [0.15, 0.2) is 6.10 Å². The Morgan fingerprint density at radius 1 is 1.33 bits per heavy atom. The molecular weight excluding hydrogens is 332 g/mol. The van der Waals surface area contributed by atoms with Crippen molar-refractivity contribution in [1.82, 2.24) is 10.6 Å². The average Bonchev–Trinajstić information content (AvgIpc) is 2.47. The van der Waals surface area contributed by atoms with E-state index in [1.54, 1.807) is 6.92 Å². The summed E-state index contributed by atoms with van der Waals surface area (Å²) in [6.07, 6.45) is 0.372. The first-order valence-electron chi connectivity index (χ1n) is 7.44. The Labute approximate surface area is 135 Å². The lowest BCUT2D eigenvalue weighted by molar-refractivity contribution is -0.127. The maximum atomic E-state index is 12.1.